The van der Waals surface area contributed by atoms with Crippen LogP contribution in [-0.2, 0) is 17.8 Å². The molecule has 0 atom stereocenters. The van der Waals surface area contributed by atoms with E-state index >= 15 is 0 Å². The van der Waals surface area contributed by atoms with E-state index in [1.165, 1.54) is 11.1 Å². The molecular formula is C7H9N3O2. The second-order valence-electron chi connectivity index (χ2n) is 2.59. The topological polar surface area (TPSA) is 56.2 Å². The number of hydrogen-bond donors (Lipinski definition) is 1. The van der Waals surface area contributed by atoms with Crippen LogP contribution in [0.5, 0.6) is 0 Å². The van der Waals surface area contributed by atoms with Crippen LogP contribution in [0.3, 0.4) is 0 Å². The Kier molecular flexibility index (Phi) is 1.79. The minimum Gasteiger partial charge on any atom is -0.339 e. The van der Waals surface area contributed by atoms with E-state index in [0.717, 1.165) is 30.9 Å². The first-order valence-electron chi connectivity index (χ1n) is 3.78. The normalized spacial score (nSPS) is 15.3. The summed E-state index contributed by atoms with van der Waals surface area (Å²) in [7, 11) is 0. The molecule has 1 aromatic rings. The van der Waals surface area contributed by atoms with E-state index in [2.05, 4.69) is 10.3 Å². The molecule has 2 rings (SSSR count). The van der Waals surface area contributed by atoms with Crippen molar-refractivity contribution in [2.75, 3.05) is 6.54 Å². The van der Waals surface area contributed by atoms with Crippen LogP contribution in [0.15, 0.2) is 6.33 Å². The highest BCUT2D eigenvalue weighted by Crippen LogP contribution is 2.09. The molecule has 0 aromatic carbocycles. The van der Waals surface area contributed by atoms with E-state index in [4.69, 9.17) is 4.84 Å². The zero-order chi connectivity index (χ0) is 8.39. The van der Waals surface area contributed by atoms with Gasteiger partial charge in [-0.25, -0.2) is 4.98 Å². The maximum Gasteiger partial charge on any atom is 0.321 e. The highest BCUT2D eigenvalue weighted by atomic mass is 16.7. The van der Waals surface area contributed by atoms with E-state index in [-0.39, 0.29) is 0 Å². The van der Waals surface area contributed by atoms with Crippen molar-refractivity contribution in [3.63, 3.8) is 0 Å². The zero-order valence-corrected chi connectivity index (χ0v) is 6.49. The number of fused-ring (bicyclic) bond motifs is 1. The maximum atomic E-state index is 10.1. The van der Waals surface area contributed by atoms with E-state index in [0.29, 0.717) is 6.47 Å². The molecule has 5 heteroatoms. The lowest BCUT2D eigenvalue weighted by Crippen LogP contribution is -2.26. The number of carbonyl (C=O) groups is 1. The molecule has 0 saturated heterocycles. The van der Waals surface area contributed by atoms with E-state index in [1.807, 2.05) is 0 Å². The number of imidazole rings is 1. The Balaban J connectivity index is 2.31. The van der Waals surface area contributed by atoms with Gasteiger partial charge in [0, 0.05) is 19.5 Å². The first-order valence-corrected chi connectivity index (χ1v) is 3.78. The first-order chi connectivity index (χ1) is 5.92. The van der Waals surface area contributed by atoms with E-state index in [1.54, 1.807) is 0 Å². The largest absolute Gasteiger partial charge is 0.339 e. The molecule has 0 saturated carbocycles. The van der Waals surface area contributed by atoms with Crippen LogP contribution >= 0.6 is 0 Å². The van der Waals surface area contributed by atoms with Gasteiger partial charge in [0.1, 0.15) is 6.33 Å². The van der Waals surface area contributed by atoms with Gasteiger partial charge in [-0.05, 0) is 0 Å². The van der Waals surface area contributed by atoms with Crippen LogP contribution in [0.1, 0.15) is 11.4 Å². The highest BCUT2D eigenvalue weighted by molar-refractivity contribution is 5.37. The molecule has 1 N–H and O–H groups in total. The summed E-state index contributed by atoms with van der Waals surface area (Å²) in [5.74, 6) is 0. The van der Waals surface area contributed by atoms with Gasteiger partial charge in [-0.3, -0.25) is 4.79 Å². The van der Waals surface area contributed by atoms with E-state index in [9.17, 15) is 4.79 Å². The third kappa shape index (κ3) is 1.08. The van der Waals surface area contributed by atoms with E-state index < -0.39 is 0 Å². The maximum absolute atomic E-state index is 10.1. The highest BCUT2D eigenvalue weighted by Gasteiger charge is 2.15. The van der Waals surface area contributed by atoms with Crippen molar-refractivity contribution in [1.82, 2.24) is 15.0 Å². The van der Waals surface area contributed by atoms with Gasteiger partial charge in [0.25, 0.3) is 0 Å². The molecule has 0 radical (unpaired) electrons. The monoisotopic (exact) mass is 167 g/mol. The average molecular weight is 167 g/mol. The van der Waals surface area contributed by atoms with Crippen LogP contribution < -0.4 is 10.2 Å². The molecule has 1 aliphatic heterocycles. The van der Waals surface area contributed by atoms with Crippen molar-refractivity contribution in [2.45, 2.75) is 13.0 Å². The third-order valence-corrected chi connectivity index (χ3v) is 1.91. The minimum atomic E-state index is 0.407. The van der Waals surface area contributed by atoms with Crippen LogP contribution in [0, 0.1) is 0 Å². The van der Waals surface area contributed by atoms with Gasteiger partial charge in [-0.1, -0.05) is 0 Å². The summed E-state index contributed by atoms with van der Waals surface area (Å²) in [5.41, 5.74) is 1.95. The van der Waals surface area contributed by atoms with Crippen molar-refractivity contribution in [3.8, 4) is 0 Å². The van der Waals surface area contributed by atoms with Gasteiger partial charge in [0.05, 0.1) is 11.4 Å². The molecule has 0 amide bonds. The molecule has 0 bridgehead atoms. The lowest BCUT2D eigenvalue weighted by Gasteiger charge is -2.12. The SMILES string of the molecule is O=COn1cnc2c1CCNC2. The molecule has 2 heterocycles. The van der Waals surface area contributed by atoms with Crippen molar-refractivity contribution in [1.29, 1.82) is 0 Å². The number of hydrogen-bond acceptors (Lipinski definition) is 4. The zero-order valence-electron chi connectivity index (χ0n) is 6.49. The minimum absolute atomic E-state index is 0.407. The average Bonchev–Trinajstić information content (AvgIpc) is 2.50. The van der Waals surface area contributed by atoms with Crippen LogP contribution in [-0.4, -0.2) is 22.7 Å². The predicted molar refractivity (Wildman–Crippen MR) is 40.3 cm³/mol. The van der Waals surface area contributed by atoms with Crippen molar-refractivity contribution in [3.05, 3.63) is 17.7 Å². The van der Waals surface area contributed by atoms with Gasteiger partial charge in [-0.15, -0.1) is 0 Å². The molecule has 1 aromatic heterocycles. The first kappa shape index (κ1) is 7.30. The summed E-state index contributed by atoms with van der Waals surface area (Å²) in [5, 5.41) is 3.18. The second-order valence-corrected chi connectivity index (χ2v) is 2.59. The Labute approximate surface area is 69.3 Å². The molecular weight excluding hydrogens is 158 g/mol. The molecule has 1 aliphatic rings. The third-order valence-electron chi connectivity index (χ3n) is 1.91. The summed E-state index contributed by atoms with van der Waals surface area (Å²) in [4.78, 5) is 18.9. The second kappa shape index (κ2) is 2.94. The van der Waals surface area contributed by atoms with Gasteiger partial charge in [-0.2, -0.15) is 4.73 Å². The fraction of sp³-hybridized carbons (Fsp3) is 0.429. The van der Waals surface area contributed by atoms with Gasteiger partial charge < -0.3 is 10.2 Å². The Morgan fingerprint density at radius 3 is 3.50 bits per heavy atom. The lowest BCUT2D eigenvalue weighted by molar-refractivity contribution is -0.129. The Hall–Kier alpha value is -1.36. The Morgan fingerprint density at radius 2 is 2.67 bits per heavy atom. The molecule has 0 unspecified atom stereocenters. The molecule has 64 valence electrons. The molecule has 0 aliphatic carbocycles. The summed E-state index contributed by atoms with van der Waals surface area (Å²) < 4.78 is 1.42. The summed E-state index contributed by atoms with van der Waals surface area (Å²) >= 11 is 0. The number of rotatable bonds is 2. The number of nitrogens with zero attached hydrogens (tertiary/aromatic N) is 2. The van der Waals surface area contributed by atoms with Crippen LogP contribution in [0.2, 0.25) is 0 Å². The van der Waals surface area contributed by atoms with Gasteiger partial charge >= 0.3 is 6.47 Å². The van der Waals surface area contributed by atoms with Crippen LogP contribution in [0.4, 0.5) is 0 Å². The lowest BCUT2D eigenvalue weighted by atomic mass is 10.2. The van der Waals surface area contributed by atoms with Crippen molar-refractivity contribution in [2.24, 2.45) is 0 Å². The summed E-state index contributed by atoms with van der Waals surface area (Å²) in [6, 6.07) is 0. The summed E-state index contributed by atoms with van der Waals surface area (Å²) in [6.07, 6.45) is 2.37. The Bertz CT molecular complexity index is 295. The van der Waals surface area contributed by atoms with Crippen LogP contribution in [0.25, 0.3) is 0 Å². The smallest absolute Gasteiger partial charge is 0.321 e. The molecule has 5 nitrogen and oxygen atoms in total. The Morgan fingerprint density at radius 1 is 1.75 bits per heavy atom. The molecule has 12 heavy (non-hydrogen) atoms. The number of carbonyl (C=O) groups excluding carboxylic acids is 1. The van der Waals surface area contributed by atoms with Gasteiger partial charge in [0.15, 0.2) is 0 Å². The molecule has 0 spiro atoms. The fourth-order valence-corrected chi connectivity index (χ4v) is 1.35. The van der Waals surface area contributed by atoms with Crippen molar-refractivity contribution < 1.29 is 9.63 Å². The van der Waals surface area contributed by atoms with Gasteiger partial charge in [0.2, 0.25) is 0 Å². The quantitative estimate of drug-likeness (QED) is 0.581. The summed E-state index contributed by atoms with van der Waals surface area (Å²) in [6.45, 7) is 2.06. The fourth-order valence-electron chi connectivity index (χ4n) is 1.35. The standard InChI is InChI=1S/C7H9N3O2/c11-5-12-10-4-9-6-3-8-2-1-7(6)10/h4-5,8H,1-3H2. The predicted octanol–water partition coefficient (Wildman–Crippen LogP) is -0.886. The molecule has 0 fully saturated rings. The van der Waals surface area contributed by atoms with Crippen molar-refractivity contribution >= 4 is 6.47 Å². The number of nitrogens with one attached hydrogen (secondary N) is 1. The number of aromatic nitrogens is 2.